The van der Waals surface area contributed by atoms with Crippen LogP contribution in [0.4, 0.5) is 4.39 Å². The van der Waals surface area contributed by atoms with Crippen LogP contribution in [0.2, 0.25) is 0 Å². The highest BCUT2D eigenvalue weighted by molar-refractivity contribution is 5.68. The van der Waals surface area contributed by atoms with E-state index in [1.807, 2.05) is 12.1 Å². The Morgan fingerprint density at radius 1 is 1.10 bits per heavy atom. The number of aliphatic hydroxyl groups is 1. The molecule has 0 radical (unpaired) electrons. The lowest BCUT2D eigenvalue weighted by molar-refractivity contribution is -0.140. The fourth-order valence-corrected chi connectivity index (χ4v) is 4.64. The van der Waals surface area contributed by atoms with Gasteiger partial charge >= 0.3 is 5.97 Å². The summed E-state index contributed by atoms with van der Waals surface area (Å²) in [6, 6.07) is 8.26. The Bertz CT molecular complexity index is 586. The van der Waals surface area contributed by atoms with E-state index in [0.29, 0.717) is 12.8 Å². The largest absolute Gasteiger partial charge is 0.469 e. The molecule has 0 spiro atoms. The average molecular weight is 407 g/mol. The molecule has 4 heteroatoms. The first kappa shape index (κ1) is 23.9. The van der Waals surface area contributed by atoms with Crippen molar-refractivity contribution in [3.63, 3.8) is 0 Å². The fourth-order valence-electron chi connectivity index (χ4n) is 4.64. The van der Waals surface area contributed by atoms with Crippen LogP contribution in [0.5, 0.6) is 0 Å². The van der Waals surface area contributed by atoms with Gasteiger partial charge in [-0.25, -0.2) is 4.39 Å². The summed E-state index contributed by atoms with van der Waals surface area (Å²) < 4.78 is 19.2. The molecule has 1 fully saturated rings. The Morgan fingerprint density at radius 2 is 1.83 bits per heavy atom. The zero-order chi connectivity index (χ0) is 21.1. The topological polar surface area (TPSA) is 46.5 Å². The standard InChI is InChI=1S/C25H39FO3/c1-3-4-7-11-24(27)20-15-13-19(14-16-20)21-17-18-23(26)22(21)10-8-5-6-9-12-25(28)29-2/h13-16,21-24,27H,3-12,17-18H2,1-2H3/t21?,22-,23-,24?/m1/s1. The van der Waals surface area contributed by atoms with Crippen LogP contribution in [0.15, 0.2) is 24.3 Å². The summed E-state index contributed by atoms with van der Waals surface area (Å²) in [5.74, 6) is 0.228. The van der Waals surface area contributed by atoms with Crippen molar-refractivity contribution >= 4 is 5.97 Å². The minimum absolute atomic E-state index is 0.0935. The molecule has 1 aliphatic carbocycles. The molecular formula is C25H39FO3. The van der Waals surface area contributed by atoms with Gasteiger partial charge in [-0.1, -0.05) is 69.7 Å². The van der Waals surface area contributed by atoms with Crippen LogP contribution in [-0.4, -0.2) is 24.4 Å². The van der Waals surface area contributed by atoms with Gasteiger partial charge in [0.2, 0.25) is 0 Å². The third-order valence-electron chi connectivity index (χ3n) is 6.46. The average Bonchev–Trinajstić information content (AvgIpc) is 3.10. The molecule has 4 atom stereocenters. The normalized spacial score (nSPS) is 22.6. The van der Waals surface area contributed by atoms with Crippen LogP contribution in [0.1, 0.15) is 107 Å². The molecule has 1 aromatic rings. The molecule has 2 rings (SSSR count). The number of rotatable bonds is 13. The number of esters is 1. The highest BCUT2D eigenvalue weighted by Crippen LogP contribution is 2.44. The predicted molar refractivity (Wildman–Crippen MR) is 116 cm³/mol. The number of methoxy groups -OCH3 is 1. The predicted octanol–water partition coefficient (Wildman–Crippen LogP) is 6.65. The zero-order valence-corrected chi connectivity index (χ0v) is 18.2. The fraction of sp³-hybridized carbons (Fsp3) is 0.720. The van der Waals surface area contributed by atoms with E-state index in [4.69, 9.17) is 0 Å². The zero-order valence-electron chi connectivity index (χ0n) is 18.2. The molecule has 0 amide bonds. The number of hydrogen-bond acceptors (Lipinski definition) is 3. The van der Waals surface area contributed by atoms with E-state index in [-0.39, 0.29) is 17.8 Å². The van der Waals surface area contributed by atoms with Gasteiger partial charge in [0.15, 0.2) is 0 Å². The van der Waals surface area contributed by atoms with Crippen molar-refractivity contribution in [3.05, 3.63) is 35.4 Å². The van der Waals surface area contributed by atoms with Crippen LogP contribution >= 0.6 is 0 Å². The first-order valence-corrected chi connectivity index (χ1v) is 11.6. The third-order valence-corrected chi connectivity index (χ3v) is 6.46. The molecule has 0 aromatic heterocycles. The number of carbonyl (C=O) groups excluding carboxylic acids is 1. The van der Waals surface area contributed by atoms with Crippen LogP contribution in [-0.2, 0) is 9.53 Å². The molecule has 164 valence electrons. The number of benzene rings is 1. The van der Waals surface area contributed by atoms with Crippen LogP contribution in [0.25, 0.3) is 0 Å². The number of carbonyl (C=O) groups is 1. The number of ether oxygens (including phenoxy) is 1. The first-order valence-electron chi connectivity index (χ1n) is 11.6. The monoisotopic (exact) mass is 406 g/mol. The Hall–Kier alpha value is -1.42. The molecule has 1 saturated carbocycles. The molecule has 0 bridgehead atoms. The molecule has 0 aliphatic heterocycles. The number of aliphatic hydroxyl groups excluding tert-OH is 1. The molecular weight excluding hydrogens is 367 g/mol. The van der Waals surface area contributed by atoms with Crippen molar-refractivity contribution in [1.82, 2.24) is 0 Å². The quantitative estimate of drug-likeness (QED) is 0.295. The molecule has 2 unspecified atom stereocenters. The summed E-state index contributed by atoms with van der Waals surface area (Å²) in [7, 11) is 1.42. The summed E-state index contributed by atoms with van der Waals surface area (Å²) >= 11 is 0. The lowest BCUT2D eigenvalue weighted by Gasteiger charge is -2.22. The smallest absolute Gasteiger partial charge is 0.305 e. The van der Waals surface area contributed by atoms with E-state index in [9.17, 15) is 14.3 Å². The van der Waals surface area contributed by atoms with Crippen molar-refractivity contribution in [2.24, 2.45) is 5.92 Å². The summed E-state index contributed by atoms with van der Waals surface area (Å²) in [6.07, 6.45) is 9.90. The maximum atomic E-state index is 14.5. The minimum Gasteiger partial charge on any atom is -0.469 e. The lowest BCUT2D eigenvalue weighted by Crippen LogP contribution is -2.15. The Balaban J connectivity index is 1.81. The molecule has 3 nitrogen and oxygen atoms in total. The Labute approximate surface area is 176 Å². The number of hydrogen-bond donors (Lipinski definition) is 1. The Kier molecular flexibility index (Phi) is 10.7. The summed E-state index contributed by atoms with van der Waals surface area (Å²) in [5, 5.41) is 10.3. The minimum atomic E-state index is -0.714. The molecule has 1 aromatic carbocycles. The number of halogens is 1. The second-order valence-corrected chi connectivity index (χ2v) is 8.57. The second kappa shape index (κ2) is 13.0. The molecule has 29 heavy (non-hydrogen) atoms. The maximum absolute atomic E-state index is 14.5. The van der Waals surface area contributed by atoms with Crippen molar-refractivity contribution in [3.8, 4) is 0 Å². The maximum Gasteiger partial charge on any atom is 0.305 e. The lowest BCUT2D eigenvalue weighted by atomic mass is 9.84. The van der Waals surface area contributed by atoms with Crippen molar-refractivity contribution in [2.45, 2.75) is 102 Å². The summed E-state index contributed by atoms with van der Waals surface area (Å²) in [5.41, 5.74) is 2.19. The SMILES string of the molecule is CCCCCC(O)c1ccc(C2CC[C@@H](F)[C@@H]2CCCCCCC(=O)OC)cc1. The van der Waals surface area contributed by atoms with Crippen molar-refractivity contribution in [1.29, 1.82) is 0 Å². The van der Waals surface area contributed by atoms with Gasteiger partial charge in [-0.15, -0.1) is 0 Å². The third kappa shape index (κ3) is 7.73. The van der Waals surface area contributed by atoms with Crippen LogP contribution < -0.4 is 0 Å². The number of unbranched alkanes of at least 4 members (excludes halogenated alkanes) is 5. The molecule has 1 N–H and O–H groups in total. The van der Waals surface area contributed by atoms with Gasteiger partial charge in [0.05, 0.1) is 13.2 Å². The summed E-state index contributed by atoms with van der Waals surface area (Å²) in [4.78, 5) is 11.1. The molecule has 0 saturated heterocycles. The van der Waals surface area contributed by atoms with E-state index in [2.05, 4.69) is 23.8 Å². The van der Waals surface area contributed by atoms with Crippen LogP contribution in [0.3, 0.4) is 0 Å². The highest BCUT2D eigenvalue weighted by Gasteiger charge is 2.36. The second-order valence-electron chi connectivity index (χ2n) is 8.57. The Morgan fingerprint density at radius 3 is 2.52 bits per heavy atom. The number of alkyl halides is 1. The van der Waals surface area contributed by atoms with Gasteiger partial charge < -0.3 is 9.84 Å². The van der Waals surface area contributed by atoms with Gasteiger partial charge in [-0.05, 0) is 55.1 Å². The van der Waals surface area contributed by atoms with Gasteiger partial charge in [0.25, 0.3) is 0 Å². The van der Waals surface area contributed by atoms with E-state index < -0.39 is 12.3 Å². The molecule has 0 heterocycles. The van der Waals surface area contributed by atoms with Crippen LogP contribution in [0, 0.1) is 5.92 Å². The van der Waals surface area contributed by atoms with Gasteiger partial charge in [-0.3, -0.25) is 4.79 Å². The van der Waals surface area contributed by atoms with E-state index >= 15 is 0 Å². The van der Waals surface area contributed by atoms with Gasteiger partial charge in [0, 0.05) is 6.42 Å². The molecule has 1 aliphatic rings. The van der Waals surface area contributed by atoms with Crippen molar-refractivity contribution < 1.29 is 19.0 Å². The van der Waals surface area contributed by atoms with Gasteiger partial charge in [0.1, 0.15) is 6.17 Å². The van der Waals surface area contributed by atoms with E-state index in [1.165, 1.54) is 12.7 Å². The van der Waals surface area contributed by atoms with E-state index in [0.717, 1.165) is 69.8 Å². The summed E-state index contributed by atoms with van der Waals surface area (Å²) in [6.45, 7) is 2.17. The van der Waals surface area contributed by atoms with Gasteiger partial charge in [-0.2, -0.15) is 0 Å². The van der Waals surface area contributed by atoms with Crippen molar-refractivity contribution in [2.75, 3.05) is 7.11 Å². The van der Waals surface area contributed by atoms with E-state index in [1.54, 1.807) is 0 Å². The highest BCUT2D eigenvalue weighted by atomic mass is 19.1. The first-order chi connectivity index (χ1) is 14.1.